The van der Waals surface area contributed by atoms with Gasteiger partial charge < -0.3 is 10.1 Å². The minimum atomic E-state index is -0.700. The molecule has 0 aromatic heterocycles. The number of rotatable bonds is 8. The van der Waals surface area contributed by atoms with Crippen LogP contribution in [0.5, 0.6) is 0 Å². The first-order valence-electron chi connectivity index (χ1n) is 11.0. The fourth-order valence-electron chi connectivity index (χ4n) is 3.66. The van der Waals surface area contributed by atoms with Crippen LogP contribution < -0.4 is 5.32 Å². The van der Waals surface area contributed by atoms with Gasteiger partial charge in [-0.25, -0.2) is 4.79 Å². The van der Waals surface area contributed by atoms with E-state index in [1.165, 1.54) is 17.0 Å². The standard InChI is InChI=1S/C27H22N2O6/c30-23(28-22-9-5-4-8-21(22)26(33)19-6-2-1-3-7-19)17-35-27(34)20-12-10-18(11-13-20)16-29-24(31)14-15-25(29)32/h1-13H,14-17H2,(H,28,30). The van der Waals surface area contributed by atoms with Gasteiger partial charge in [0.05, 0.1) is 17.8 Å². The number of nitrogens with one attached hydrogen (secondary N) is 1. The van der Waals surface area contributed by atoms with Gasteiger partial charge in [0.1, 0.15) is 0 Å². The van der Waals surface area contributed by atoms with E-state index in [2.05, 4.69) is 5.32 Å². The first-order valence-corrected chi connectivity index (χ1v) is 11.0. The van der Waals surface area contributed by atoms with Gasteiger partial charge in [0.25, 0.3) is 5.91 Å². The highest BCUT2D eigenvalue weighted by molar-refractivity contribution is 6.14. The lowest BCUT2D eigenvalue weighted by Gasteiger charge is -2.14. The third-order valence-electron chi connectivity index (χ3n) is 5.50. The van der Waals surface area contributed by atoms with Crippen LogP contribution in [0.2, 0.25) is 0 Å². The lowest BCUT2D eigenvalue weighted by molar-refractivity contribution is -0.139. The third kappa shape index (κ3) is 5.67. The topological polar surface area (TPSA) is 110 Å². The Kier molecular flexibility index (Phi) is 7.11. The van der Waals surface area contributed by atoms with Crippen molar-refractivity contribution < 1.29 is 28.7 Å². The van der Waals surface area contributed by atoms with Gasteiger partial charge in [0.15, 0.2) is 12.4 Å². The number of esters is 1. The average Bonchev–Trinajstić information content (AvgIpc) is 3.20. The molecular formula is C27H22N2O6. The van der Waals surface area contributed by atoms with Crippen molar-refractivity contribution in [2.75, 3.05) is 11.9 Å². The van der Waals surface area contributed by atoms with Gasteiger partial charge in [-0.3, -0.25) is 24.1 Å². The number of hydrogen-bond acceptors (Lipinski definition) is 6. The molecule has 0 atom stereocenters. The van der Waals surface area contributed by atoms with Crippen molar-refractivity contribution in [2.24, 2.45) is 0 Å². The first kappa shape index (κ1) is 23.6. The number of amides is 3. The molecule has 0 spiro atoms. The summed E-state index contributed by atoms with van der Waals surface area (Å²) in [5.41, 5.74) is 2.05. The molecule has 1 N–H and O–H groups in total. The molecule has 1 aliphatic rings. The molecule has 3 amide bonds. The Labute approximate surface area is 201 Å². The molecule has 3 aromatic carbocycles. The Hall–Kier alpha value is -4.59. The normalized spacial score (nSPS) is 13.0. The molecule has 1 aliphatic heterocycles. The SMILES string of the molecule is O=C(COC(=O)c1ccc(CN2C(=O)CCC2=O)cc1)Nc1ccccc1C(=O)c1ccccc1. The van der Waals surface area contributed by atoms with Crippen LogP contribution in [-0.4, -0.2) is 41.0 Å². The molecule has 0 unspecified atom stereocenters. The van der Waals surface area contributed by atoms with E-state index in [-0.39, 0.29) is 42.5 Å². The molecule has 0 saturated carbocycles. The summed E-state index contributed by atoms with van der Waals surface area (Å²) in [6, 6.07) is 21.6. The lowest BCUT2D eigenvalue weighted by Crippen LogP contribution is -2.28. The van der Waals surface area contributed by atoms with Crippen molar-refractivity contribution in [2.45, 2.75) is 19.4 Å². The Bertz CT molecular complexity index is 1270. The van der Waals surface area contributed by atoms with E-state index in [1.54, 1.807) is 60.7 Å². The molecule has 0 bridgehead atoms. The zero-order chi connectivity index (χ0) is 24.8. The van der Waals surface area contributed by atoms with Crippen LogP contribution in [0.15, 0.2) is 78.9 Å². The fraction of sp³-hybridized carbons (Fsp3) is 0.148. The first-order chi connectivity index (χ1) is 16.9. The van der Waals surface area contributed by atoms with Gasteiger partial charge in [0.2, 0.25) is 11.8 Å². The largest absolute Gasteiger partial charge is 0.452 e. The van der Waals surface area contributed by atoms with Gasteiger partial charge in [-0.1, -0.05) is 54.6 Å². The summed E-state index contributed by atoms with van der Waals surface area (Å²) < 4.78 is 5.10. The second kappa shape index (κ2) is 10.6. The smallest absolute Gasteiger partial charge is 0.338 e. The van der Waals surface area contributed by atoms with Crippen LogP contribution in [0.3, 0.4) is 0 Å². The van der Waals surface area contributed by atoms with Crippen molar-refractivity contribution in [3.8, 4) is 0 Å². The monoisotopic (exact) mass is 470 g/mol. The summed E-state index contributed by atoms with van der Waals surface area (Å²) in [6.45, 7) is -0.387. The molecule has 0 aliphatic carbocycles. The molecule has 4 rings (SSSR count). The van der Waals surface area contributed by atoms with Crippen LogP contribution in [0.1, 0.15) is 44.7 Å². The average molecular weight is 470 g/mol. The van der Waals surface area contributed by atoms with Crippen LogP contribution in [0.4, 0.5) is 5.69 Å². The predicted molar refractivity (Wildman–Crippen MR) is 126 cm³/mol. The van der Waals surface area contributed by atoms with E-state index in [0.717, 1.165) is 0 Å². The minimum Gasteiger partial charge on any atom is -0.452 e. The Morgan fingerprint density at radius 2 is 1.40 bits per heavy atom. The van der Waals surface area contributed by atoms with Crippen molar-refractivity contribution in [3.05, 3.63) is 101 Å². The van der Waals surface area contributed by atoms with Crippen molar-refractivity contribution >= 4 is 35.2 Å². The van der Waals surface area contributed by atoms with Gasteiger partial charge in [-0.2, -0.15) is 0 Å². The maximum atomic E-state index is 12.8. The highest BCUT2D eigenvalue weighted by Crippen LogP contribution is 2.20. The van der Waals surface area contributed by atoms with Crippen molar-refractivity contribution in [1.82, 2.24) is 4.90 Å². The van der Waals surface area contributed by atoms with Gasteiger partial charge in [0, 0.05) is 24.0 Å². The van der Waals surface area contributed by atoms with Crippen molar-refractivity contribution in [3.63, 3.8) is 0 Å². The number of hydrogen-bond donors (Lipinski definition) is 1. The quantitative estimate of drug-likeness (QED) is 0.307. The number of ketones is 1. The van der Waals surface area contributed by atoms with Gasteiger partial charge in [-0.05, 0) is 29.8 Å². The number of imide groups is 1. The fourth-order valence-corrected chi connectivity index (χ4v) is 3.66. The van der Waals surface area contributed by atoms with E-state index < -0.39 is 18.5 Å². The highest BCUT2D eigenvalue weighted by atomic mass is 16.5. The zero-order valence-corrected chi connectivity index (χ0v) is 18.7. The minimum absolute atomic E-state index is 0.149. The number of likely N-dealkylation sites (tertiary alicyclic amines) is 1. The van der Waals surface area contributed by atoms with Crippen LogP contribution in [-0.2, 0) is 25.7 Å². The summed E-state index contributed by atoms with van der Waals surface area (Å²) in [4.78, 5) is 62.2. The molecule has 8 heteroatoms. The summed E-state index contributed by atoms with van der Waals surface area (Å²) >= 11 is 0. The number of carbonyl (C=O) groups is 5. The Morgan fingerprint density at radius 3 is 2.09 bits per heavy atom. The van der Waals surface area contributed by atoms with Gasteiger partial charge in [-0.15, -0.1) is 0 Å². The maximum absolute atomic E-state index is 12.8. The van der Waals surface area contributed by atoms with Crippen LogP contribution in [0, 0.1) is 0 Å². The molecule has 35 heavy (non-hydrogen) atoms. The predicted octanol–water partition coefficient (Wildman–Crippen LogP) is 3.36. The molecule has 8 nitrogen and oxygen atoms in total. The number of nitrogens with zero attached hydrogens (tertiary/aromatic N) is 1. The molecule has 1 saturated heterocycles. The number of ether oxygens (including phenoxy) is 1. The third-order valence-corrected chi connectivity index (χ3v) is 5.50. The molecule has 0 radical (unpaired) electrons. The molecule has 176 valence electrons. The lowest BCUT2D eigenvalue weighted by atomic mass is 10.0. The second-order valence-corrected chi connectivity index (χ2v) is 7.94. The Balaban J connectivity index is 1.33. The number of anilines is 1. The number of carbonyl (C=O) groups excluding carboxylic acids is 5. The van der Waals surface area contributed by atoms with Crippen LogP contribution in [0.25, 0.3) is 0 Å². The van der Waals surface area contributed by atoms with Gasteiger partial charge >= 0.3 is 5.97 Å². The van der Waals surface area contributed by atoms with E-state index in [0.29, 0.717) is 22.4 Å². The van der Waals surface area contributed by atoms with E-state index in [1.807, 2.05) is 6.07 Å². The van der Waals surface area contributed by atoms with E-state index in [4.69, 9.17) is 4.74 Å². The highest BCUT2D eigenvalue weighted by Gasteiger charge is 2.28. The number of para-hydroxylation sites is 1. The van der Waals surface area contributed by atoms with E-state index >= 15 is 0 Å². The van der Waals surface area contributed by atoms with Crippen molar-refractivity contribution in [1.29, 1.82) is 0 Å². The summed E-state index contributed by atoms with van der Waals surface area (Å²) in [5, 5.41) is 2.62. The van der Waals surface area contributed by atoms with E-state index in [9.17, 15) is 24.0 Å². The molecular weight excluding hydrogens is 448 g/mol. The number of benzene rings is 3. The Morgan fingerprint density at radius 1 is 0.771 bits per heavy atom. The maximum Gasteiger partial charge on any atom is 0.338 e. The molecule has 1 fully saturated rings. The second-order valence-electron chi connectivity index (χ2n) is 7.94. The molecule has 1 heterocycles. The summed E-state index contributed by atoms with van der Waals surface area (Å²) in [6.07, 6.45) is 0.437. The summed E-state index contributed by atoms with van der Waals surface area (Å²) in [5.74, 6) is -1.95. The molecule has 3 aromatic rings. The van der Waals surface area contributed by atoms with Crippen LogP contribution >= 0.6 is 0 Å². The zero-order valence-electron chi connectivity index (χ0n) is 18.7. The summed E-state index contributed by atoms with van der Waals surface area (Å²) in [7, 11) is 0.